The Morgan fingerprint density at radius 3 is 2.23 bits per heavy atom. The second kappa shape index (κ2) is 7.14. The lowest BCUT2D eigenvalue weighted by Crippen LogP contribution is -2.38. The number of carbonyl (C=O) groups is 1. The molecule has 120 valence electrons. The van der Waals surface area contributed by atoms with E-state index in [4.69, 9.17) is 0 Å². The fourth-order valence-electron chi connectivity index (χ4n) is 3.38. The molecule has 0 saturated carbocycles. The summed E-state index contributed by atoms with van der Waals surface area (Å²) in [4.78, 5) is 19.0. The summed E-state index contributed by atoms with van der Waals surface area (Å²) in [5, 5.41) is 0. The van der Waals surface area contributed by atoms with Gasteiger partial charge in [-0.1, -0.05) is 30.5 Å². The van der Waals surface area contributed by atoms with Gasteiger partial charge in [0, 0.05) is 31.9 Å². The van der Waals surface area contributed by atoms with E-state index in [0.717, 1.165) is 31.9 Å². The molecule has 22 heavy (non-hydrogen) atoms. The Labute approximate surface area is 133 Å². The minimum Gasteiger partial charge on any atom is -0.321 e. The third-order valence-electron chi connectivity index (χ3n) is 4.83. The summed E-state index contributed by atoms with van der Waals surface area (Å²) in [6.45, 7) is 8.01. The molecule has 0 spiro atoms. The Bertz CT molecular complexity index is 492. The third kappa shape index (κ3) is 3.61. The molecule has 0 unspecified atom stereocenters. The summed E-state index contributed by atoms with van der Waals surface area (Å²) < 4.78 is 0. The van der Waals surface area contributed by atoms with Gasteiger partial charge in [-0.3, -0.25) is 4.90 Å². The normalized spacial score (nSPS) is 20.5. The van der Waals surface area contributed by atoms with Crippen LogP contribution in [0.25, 0.3) is 0 Å². The Morgan fingerprint density at radius 2 is 1.55 bits per heavy atom. The van der Waals surface area contributed by atoms with Crippen LogP contribution in [0.3, 0.4) is 0 Å². The molecule has 2 heterocycles. The van der Waals surface area contributed by atoms with Crippen LogP contribution in [-0.2, 0) is 0 Å². The van der Waals surface area contributed by atoms with Crippen LogP contribution in [0.4, 0.5) is 10.5 Å². The van der Waals surface area contributed by atoms with Gasteiger partial charge in [-0.25, -0.2) is 4.79 Å². The summed E-state index contributed by atoms with van der Waals surface area (Å²) >= 11 is 0. The number of anilines is 1. The van der Waals surface area contributed by atoms with Gasteiger partial charge in [0.15, 0.2) is 0 Å². The Hall–Kier alpha value is -1.55. The van der Waals surface area contributed by atoms with Gasteiger partial charge >= 0.3 is 6.03 Å². The molecule has 2 aliphatic rings. The van der Waals surface area contributed by atoms with Crippen LogP contribution in [-0.4, -0.2) is 55.1 Å². The highest BCUT2D eigenvalue weighted by Gasteiger charge is 2.29. The number of rotatable bonds is 4. The van der Waals surface area contributed by atoms with Gasteiger partial charge in [-0.15, -0.1) is 0 Å². The van der Waals surface area contributed by atoms with E-state index < -0.39 is 0 Å². The molecule has 0 aromatic heterocycles. The average Bonchev–Trinajstić information content (AvgIpc) is 2.74. The van der Waals surface area contributed by atoms with Gasteiger partial charge in [0.25, 0.3) is 0 Å². The maximum atomic E-state index is 12.6. The molecule has 0 radical (unpaired) electrons. The van der Waals surface area contributed by atoms with E-state index in [1.165, 1.54) is 44.3 Å². The molecule has 4 nitrogen and oxygen atoms in total. The molecule has 1 aromatic carbocycles. The summed E-state index contributed by atoms with van der Waals surface area (Å²) in [6, 6.07) is 8.40. The highest BCUT2D eigenvalue weighted by molar-refractivity contribution is 5.94. The molecule has 2 fully saturated rings. The van der Waals surface area contributed by atoms with E-state index in [-0.39, 0.29) is 6.03 Å². The molecule has 2 aliphatic heterocycles. The zero-order valence-electron chi connectivity index (χ0n) is 13.6. The van der Waals surface area contributed by atoms with E-state index >= 15 is 0 Å². The van der Waals surface area contributed by atoms with E-state index in [2.05, 4.69) is 24.0 Å². The van der Waals surface area contributed by atoms with Crippen molar-refractivity contribution < 1.29 is 4.79 Å². The lowest BCUT2D eigenvalue weighted by Gasteiger charge is -2.24. The predicted molar refractivity (Wildman–Crippen MR) is 90.4 cm³/mol. The first-order chi connectivity index (χ1) is 10.7. The van der Waals surface area contributed by atoms with Gasteiger partial charge in [0.2, 0.25) is 0 Å². The van der Waals surface area contributed by atoms with E-state index in [1.54, 1.807) is 0 Å². The van der Waals surface area contributed by atoms with Crippen LogP contribution in [0.15, 0.2) is 24.3 Å². The summed E-state index contributed by atoms with van der Waals surface area (Å²) in [5.74, 6) is 0. The fourth-order valence-corrected chi connectivity index (χ4v) is 3.38. The minimum atomic E-state index is 0.165. The maximum Gasteiger partial charge on any atom is 0.324 e. The molecule has 0 atom stereocenters. The summed E-state index contributed by atoms with van der Waals surface area (Å²) in [7, 11) is 0. The average molecular weight is 301 g/mol. The van der Waals surface area contributed by atoms with Crippen molar-refractivity contribution in [1.29, 1.82) is 0 Å². The fraction of sp³-hybridized carbons (Fsp3) is 0.611. The topological polar surface area (TPSA) is 26.8 Å². The van der Waals surface area contributed by atoms with Crippen molar-refractivity contribution in [2.75, 3.05) is 44.2 Å². The molecule has 3 rings (SSSR count). The van der Waals surface area contributed by atoms with Crippen LogP contribution in [0.2, 0.25) is 0 Å². The van der Waals surface area contributed by atoms with Gasteiger partial charge in [-0.05, 0) is 45.0 Å². The van der Waals surface area contributed by atoms with E-state index in [0.29, 0.717) is 0 Å². The van der Waals surface area contributed by atoms with Crippen molar-refractivity contribution in [2.24, 2.45) is 0 Å². The molecule has 0 bridgehead atoms. The SMILES string of the molecule is Cc1ccc(N2CCN(CCN3CCCCCC3)C2=O)cc1. The number of benzene rings is 1. The quantitative estimate of drug-likeness (QED) is 0.854. The van der Waals surface area contributed by atoms with Crippen LogP contribution in [0.1, 0.15) is 31.2 Å². The lowest BCUT2D eigenvalue weighted by atomic mass is 10.2. The van der Waals surface area contributed by atoms with Crippen molar-refractivity contribution in [3.05, 3.63) is 29.8 Å². The molecular weight excluding hydrogens is 274 g/mol. The smallest absolute Gasteiger partial charge is 0.321 e. The van der Waals surface area contributed by atoms with E-state index in [9.17, 15) is 4.79 Å². The van der Waals surface area contributed by atoms with E-state index in [1.807, 2.05) is 21.9 Å². The molecule has 2 saturated heterocycles. The number of carbonyl (C=O) groups excluding carboxylic acids is 1. The maximum absolute atomic E-state index is 12.6. The summed E-state index contributed by atoms with van der Waals surface area (Å²) in [6.07, 6.45) is 5.34. The molecule has 0 N–H and O–H groups in total. The second-order valence-electron chi connectivity index (χ2n) is 6.51. The number of hydrogen-bond donors (Lipinski definition) is 0. The molecule has 1 aromatic rings. The highest BCUT2D eigenvalue weighted by Crippen LogP contribution is 2.20. The number of aryl methyl sites for hydroxylation is 1. The first-order valence-electron chi connectivity index (χ1n) is 8.59. The van der Waals surface area contributed by atoms with Gasteiger partial charge in [-0.2, -0.15) is 0 Å². The molecule has 2 amide bonds. The van der Waals surface area contributed by atoms with Crippen LogP contribution in [0.5, 0.6) is 0 Å². The van der Waals surface area contributed by atoms with Crippen molar-refractivity contribution >= 4 is 11.7 Å². The monoisotopic (exact) mass is 301 g/mol. The summed E-state index contributed by atoms with van der Waals surface area (Å²) in [5.41, 5.74) is 2.25. The third-order valence-corrected chi connectivity index (χ3v) is 4.83. The van der Waals surface area contributed by atoms with Crippen LogP contribution >= 0.6 is 0 Å². The number of urea groups is 1. The second-order valence-corrected chi connectivity index (χ2v) is 6.51. The first-order valence-corrected chi connectivity index (χ1v) is 8.59. The Kier molecular flexibility index (Phi) is 4.98. The standard InChI is InChI=1S/C18H27N3O/c1-16-6-8-17(9-7-16)21-15-14-20(18(21)22)13-12-19-10-4-2-3-5-11-19/h6-9H,2-5,10-15H2,1H3. The van der Waals surface area contributed by atoms with Crippen LogP contribution in [0, 0.1) is 6.92 Å². The molecule has 0 aliphatic carbocycles. The highest BCUT2D eigenvalue weighted by atomic mass is 16.2. The van der Waals surface area contributed by atoms with Gasteiger partial charge in [0.1, 0.15) is 0 Å². The molecular formula is C18H27N3O. The van der Waals surface area contributed by atoms with Gasteiger partial charge < -0.3 is 9.80 Å². The number of amides is 2. The zero-order chi connectivity index (χ0) is 15.4. The van der Waals surface area contributed by atoms with Crippen molar-refractivity contribution in [2.45, 2.75) is 32.6 Å². The van der Waals surface area contributed by atoms with Crippen molar-refractivity contribution in [3.63, 3.8) is 0 Å². The minimum absolute atomic E-state index is 0.165. The Balaban J connectivity index is 1.53. The predicted octanol–water partition coefficient (Wildman–Crippen LogP) is 3.11. The Morgan fingerprint density at radius 1 is 0.864 bits per heavy atom. The lowest BCUT2D eigenvalue weighted by molar-refractivity contribution is 0.205. The first kappa shape index (κ1) is 15.3. The largest absolute Gasteiger partial charge is 0.324 e. The number of hydrogen-bond acceptors (Lipinski definition) is 2. The van der Waals surface area contributed by atoms with Crippen molar-refractivity contribution in [1.82, 2.24) is 9.80 Å². The van der Waals surface area contributed by atoms with Crippen LogP contribution < -0.4 is 4.90 Å². The zero-order valence-corrected chi connectivity index (χ0v) is 13.6. The van der Waals surface area contributed by atoms with Crippen molar-refractivity contribution in [3.8, 4) is 0 Å². The van der Waals surface area contributed by atoms with Gasteiger partial charge in [0.05, 0.1) is 0 Å². The molecule has 4 heteroatoms. The number of likely N-dealkylation sites (tertiary alicyclic amines) is 1. The number of nitrogens with zero attached hydrogens (tertiary/aromatic N) is 3.